The predicted molar refractivity (Wildman–Crippen MR) is 68.1 cm³/mol. The molecule has 0 heterocycles. The summed E-state index contributed by atoms with van der Waals surface area (Å²) in [6.45, 7) is 0. The van der Waals surface area contributed by atoms with Gasteiger partial charge in [0.25, 0.3) is 0 Å². The lowest BCUT2D eigenvalue weighted by Crippen LogP contribution is -2.40. The first kappa shape index (κ1) is 14.2. The van der Waals surface area contributed by atoms with Crippen LogP contribution in [0.4, 0.5) is 4.39 Å². The number of rotatable bonds is 2. The highest BCUT2D eigenvalue weighted by atomic mass is 19.1. The normalized spacial score (nSPS) is 25.9. The molecule has 1 saturated carbocycles. The average Bonchev–Trinajstić information content (AvgIpc) is 2.48. The van der Waals surface area contributed by atoms with Crippen molar-refractivity contribution in [3.8, 4) is 6.07 Å². The van der Waals surface area contributed by atoms with E-state index in [1.807, 2.05) is 0 Å². The first-order valence-corrected chi connectivity index (χ1v) is 6.31. The van der Waals surface area contributed by atoms with Gasteiger partial charge in [-0.25, -0.2) is 4.39 Å². The summed E-state index contributed by atoms with van der Waals surface area (Å²) in [5, 5.41) is 9.50. The second-order valence-corrected chi connectivity index (χ2v) is 4.92. The molecule has 0 N–H and O–H groups in total. The van der Waals surface area contributed by atoms with E-state index >= 15 is 0 Å². The van der Waals surface area contributed by atoms with Gasteiger partial charge in [-0.1, -0.05) is 18.2 Å². The van der Waals surface area contributed by atoms with Crippen molar-refractivity contribution in [1.29, 1.82) is 5.26 Å². The Hall–Kier alpha value is -2.22. The van der Waals surface area contributed by atoms with Gasteiger partial charge in [0.05, 0.1) is 18.6 Å². The fraction of sp³-hybridized carbons (Fsp3) is 0.400. The minimum absolute atomic E-state index is 0.0318. The molecule has 5 heteroatoms. The smallest absolute Gasteiger partial charge is 0.316 e. The van der Waals surface area contributed by atoms with Gasteiger partial charge >= 0.3 is 5.97 Å². The predicted octanol–water partition coefficient (Wildman–Crippen LogP) is 2.13. The Balaban J connectivity index is 2.43. The molecule has 2 atom stereocenters. The molecule has 104 valence electrons. The van der Waals surface area contributed by atoms with Crippen molar-refractivity contribution >= 4 is 11.8 Å². The summed E-state index contributed by atoms with van der Waals surface area (Å²) in [5.74, 6) is -2.40. The summed E-state index contributed by atoms with van der Waals surface area (Å²) < 4.78 is 18.6. The van der Waals surface area contributed by atoms with Crippen LogP contribution in [0.2, 0.25) is 0 Å². The number of halogens is 1. The molecule has 1 aromatic rings. The number of nitriles is 1. The van der Waals surface area contributed by atoms with E-state index in [0.29, 0.717) is 0 Å². The van der Waals surface area contributed by atoms with E-state index in [-0.39, 0.29) is 30.6 Å². The lowest BCUT2D eigenvalue weighted by atomic mass is 9.66. The molecule has 0 spiro atoms. The lowest BCUT2D eigenvalue weighted by molar-refractivity contribution is -0.151. The fourth-order valence-corrected chi connectivity index (χ4v) is 2.69. The molecule has 0 aliphatic heterocycles. The van der Waals surface area contributed by atoms with E-state index in [9.17, 15) is 19.2 Å². The van der Waals surface area contributed by atoms with Gasteiger partial charge in [-0.15, -0.1) is 0 Å². The molecular weight excluding hydrogens is 261 g/mol. The third kappa shape index (κ3) is 2.29. The maximum atomic E-state index is 14.0. The van der Waals surface area contributed by atoms with Gasteiger partial charge in [-0.05, 0) is 18.9 Å². The Morgan fingerprint density at radius 1 is 1.50 bits per heavy atom. The molecule has 1 aliphatic carbocycles. The maximum absolute atomic E-state index is 14.0. The van der Waals surface area contributed by atoms with E-state index < -0.39 is 23.1 Å². The minimum Gasteiger partial charge on any atom is -0.468 e. The minimum atomic E-state index is -1.15. The summed E-state index contributed by atoms with van der Waals surface area (Å²) in [6.07, 6.45) is 0.258. The Bertz CT molecular complexity index is 585. The van der Waals surface area contributed by atoms with Crippen LogP contribution in [0.5, 0.6) is 0 Å². The van der Waals surface area contributed by atoms with E-state index in [2.05, 4.69) is 10.8 Å². The second kappa shape index (κ2) is 5.41. The van der Waals surface area contributed by atoms with Crippen LogP contribution < -0.4 is 0 Å². The third-order valence-corrected chi connectivity index (χ3v) is 3.83. The van der Waals surface area contributed by atoms with Gasteiger partial charge in [-0.2, -0.15) is 5.26 Å². The number of esters is 1. The van der Waals surface area contributed by atoms with Crippen LogP contribution in [-0.4, -0.2) is 18.9 Å². The number of ketones is 1. The Morgan fingerprint density at radius 2 is 2.20 bits per heavy atom. The topological polar surface area (TPSA) is 67.2 Å². The van der Waals surface area contributed by atoms with Crippen molar-refractivity contribution in [3.05, 3.63) is 35.6 Å². The largest absolute Gasteiger partial charge is 0.468 e. The number of hydrogen-bond acceptors (Lipinski definition) is 4. The molecule has 0 radical (unpaired) electrons. The number of nitrogens with zero attached hydrogens (tertiary/aromatic N) is 1. The summed E-state index contributed by atoms with van der Waals surface area (Å²) in [7, 11) is 1.20. The van der Waals surface area contributed by atoms with E-state index in [0.717, 1.165) is 0 Å². The molecule has 1 aromatic carbocycles. The molecule has 1 aliphatic rings. The van der Waals surface area contributed by atoms with Crippen LogP contribution in [0, 0.1) is 23.1 Å². The quantitative estimate of drug-likeness (QED) is 0.612. The Morgan fingerprint density at radius 3 is 2.80 bits per heavy atom. The van der Waals surface area contributed by atoms with E-state index in [1.54, 1.807) is 6.07 Å². The molecule has 0 saturated heterocycles. The van der Waals surface area contributed by atoms with E-state index in [1.165, 1.54) is 25.3 Å². The molecule has 4 nitrogen and oxygen atoms in total. The number of methoxy groups -OCH3 is 1. The summed E-state index contributed by atoms with van der Waals surface area (Å²) in [5.41, 5.74) is -0.915. The second-order valence-electron chi connectivity index (χ2n) is 4.92. The van der Waals surface area contributed by atoms with Crippen LogP contribution in [0.3, 0.4) is 0 Å². The molecule has 2 rings (SSSR count). The van der Waals surface area contributed by atoms with Crippen molar-refractivity contribution in [2.75, 3.05) is 7.11 Å². The SMILES string of the molecule is COC(=O)C1CC(C#N)(c2ccccc2F)CCC1=O. The van der Waals surface area contributed by atoms with Crippen LogP contribution in [0.15, 0.2) is 24.3 Å². The number of Topliss-reactive ketones (excluding diaryl/α,β-unsaturated/α-hetero) is 1. The fourth-order valence-electron chi connectivity index (χ4n) is 2.69. The molecule has 0 bridgehead atoms. The standard InChI is InChI=1S/C15H14FNO3/c1-20-14(19)10-8-15(9-17,7-6-13(10)18)11-4-2-3-5-12(11)16/h2-5,10H,6-8H2,1H3. The van der Waals surface area contributed by atoms with Gasteiger partial charge in [0, 0.05) is 12.0 Å². The average molecular weight is 275 g/mol. The highest BCUT2D eigenvalue weighted by molar-refractivity contribution is 6.00. The Kier molecular flexibility index (Phi) is 3.84. The zero-order valence-corrected chi connectivity index (χ0v) is 11.1. The summed E-state index contributed by atoms with van der Waals surface area (Å²) >= 11 is 0. The van der Waals surface area contributed by atoms with E-state index in [4.69, 9.17) is 0 Å². The monoisotopic (exact) mass is 275 g/mol. The Labute approximate surface area is 116 Å². The van der Waals surface area contributed by atoms with Gasteiger partial charge in [-0.3, -0.25) is 9.59 Å². The molecular formula is C15H14FNO3. The first-order chi connectivity index (χ1) is 9.54. The highest BCUT2D eigenvalue weighted by Gasteiger charge is 2.46. The van der Waals surface area contributed by atoms with Crippen molar-refractivity contribution in [2.24, 2.45) is 5.92 Å². The first-order valence-electron chi connectivity index (χ1n) is 6.31. The molecule has 2 unspecified atom stereocenters. The van der Waals surface area contributed by atoms with Crippen LogP contribution in [0.1, 0.15) is 24.8 Å². The summed E-state index contributed by atoms with van der Waals surface area (Å²) in [6, 6.07) is 8.09. The van der Waals surface area contributed by atoms with Crippen LogP contribution in [-0.2, 0) is 19.7 Å². The number of benzene rings is 1. The van der Waals surface area contributed by atoms with Crippen LogP contribution >= 0.6 is 0 Å². The van der Waals surface area contributed by atoms with Crippen molar-refractivity contribution < 1.29 is 18.7 Å². The van der Waals surface area contributed by atoms with Gasteiger partial charge in [0.1, 0.15) is 17.5 Å². The zero-order valence-electron chi connectivity index (χ0n) is 11.1. The number of ether oxygens (including phenoxy) is 1. The number of hydrogen-bond donors (Lipinski definition) is 0. The van der Waals surface area contributed by atoms with Gasteiger partial charge < -0.3 is 4.74 Å². The van der Waals surface area contributed by atoms with Crippen LogP contribution in [0.25, 0.3) is 0 Å². The molecule has 0 amide bonds. The lowest BCUT2D eigenvalue weighted by Gasteiger charge is -2.34. The maximum Gasteiger partial charge on any atom is 0.316 e. The molecule has 1 fully saturated rings. The van der Waals surface area contributed by atoms with Crippen molar-refractivity contribution in [3.63, 3.8) is 0 Å². The summed E-state index contributed by atoms with van der Waals surface area (Å²) in [4.78, 5) is 23.5. The molecule has 0 aromatic heterocycles. The van der Waals surface area contributed by atoms with Gasteiger partial charge in [0.15, 0.2) is 0 Å². The third-order valence-electron chi connectivity index (χ3n) is 3.83. The highest BCUT2D eigenvalue weighted by Crippen LogP contribution is 2.41. The van der Waals surface area contributed by atoms with Crippen molar-refractivity contribution in [2.45, 2.75) is 24.7 Å². The zero-order chi connectivity index (χ0) is 14.8. The van der Waals surface area contributed by atoms with Crippen molar-refractivity contribution in [1.82, 2.24) is 0 Å². The molecule has 20 heavy (non-hydrogen) atoms. The van der Waals surface area contributed by atoms with Gasteiger partial charge in [0.2, 0.25) is 0 Å². The number of carbonyl (C=O) groups excluding carboxylic acids is 2. The number of carbonyl (C=O) groups is 2.